The molecule has 0 amide bonds. The van der Waals surface area contributed by atoms with Crippen molar-refractivity contribution in [1.82, 2.24) is 10.6 Å². The normalized spacial score (nSPS) is 10.6. The van der Waals surface area contributed by atoms with Crippen LogP contribution < -0.4 is 10.6 Å². The van der Waals surface area contributed by atoms with E-state index >= 15 is 0 Å². The van der Waals surface area contributed by atoms with Crippen LogP contribution in [0.3, 0.4) is 0 Å². The highest BCUT2D eigenvalue weighted by Gasteiger charge is 1.87. The molecular weight excluding hydrogens is 164 g/mol. The second-order valence-electron chi connectivity index (χ2n) is 3.11. The lowest BCUT2D eigenvalue weighted by atomic mass is 10.4. The first-order valence-corrected chi connectivity index (χ1v) is 5.41. The molecule has 0 aromatic heterocycles. The third-order valence-corrected chi connectivity index (χ3v) is 1.68. The summed E-state index contributed by atoms with van der Waals surface area (Å²) in [6.45, 7) is 10.2. The highest BCUT2D eigenvalue weighted by atomic mass is 16.5. The van der Waals surface area contributed by atoms with Crippen molar-refractivity contribution in [1.29, 1.82) is 0 Å². The third-order valence-electron chi connectivity index (χ3n) is 1.68. The molecule has 0 bridgehead atoms. The molecule has 3 heteroatoms. The van der Waals surface area contributed by atoms with Gasteiger partial charge in [-0.25, -0.2) is 0 Å². The summed E-state index contributed by atoms with van der Waals surface area (Å²) in [4.78, 5) is 0. The number of hydrogen-bond donors (Lipinski definition) is 2. The van der Waals surface area contributed by atoms with Crippen LogP contribution in [0.5, 0.6) is 0 Å². The largest absolute Gasteiger partial charge is 0.380 e. The van der Waals surface area contributed by atoms with Crippen LogP contribution in [-0.2, 0) is 4.74 Å². The quantitative estimate of drug-likeness (QED) is 0.502. The molecule has 0 heterocycles. The second-order valence-corrected chi connectivity index (χ2v) is 3.11. The zero-order valence-corrected chi connectivity index (χ0v) is 9.07. The molecule has 0 rings (SSSR count). The Labute approximate surface area is 82.2 Å². The van der Waals surface area contributed by atoms with Gasteiger partial charge in [0.25, 0.3) is 0 Å². The molecule has 3 nitrogen and oxygen atoms in total. The van der Waals surface area contributed by atoms with Gasteiger partial charge in [0.2, 0.25) is 0 Å². The molecule has 0 aromatic rings. The van der Waals surface area contributed by atoms with Crippen LogP contribution in [0.2, 0.25) is 0 Å². The Morgan fingerprint density at radius 2 is 1.46 bits per heavy atom. The monoisotopic (exact) mass is 188 g/mol. The highest BCUT2D eigenvalue weighted by Crippen LogP contribution is 1.77. The van der Waals surface area contributed by atoms with Gasteiger partial charge in [0.1, 0.15) is 0 Å². The molecule has 0 saturated heterocycles. The first-order chi connectivity index (χ1) is 6.41. The summed E-state index contributed by atoms with van der Waals surface area (Å²) in [5, 5.41) is 6.65. The average Bonchev–Trinajstić information content (AvgIpc) is 2.16. The average molecular weight is 188 g/mol. The molecule has 0 radical (unpaired) electrons. The van der Waals surface area contributed by atoms with Crippen LogP contribution in [0, 0.1) is 0 Å². The lowest BCUT2D eigenvalue weighted by molar-refractivity contribution is 0.136. The summed E-state index contributed by atoms with van der Waals surface area (Å²) in [6, 6.07) is 0. The van der Waals surface area contributed by atoms with Crippen LogP contribution in [-0.4, -0.2) is 39.4 Å². The van der Waals surface area contributed by atoms with E-state index in [0.29, 0.717) is 0 Å². The van der Waals surface area contributed by atoms with Gasteiger partial charge in [0, 0.05) is 26.2 Å². The molecule has 80 valence electrons. The van der Waals surface area contributed by atoms with Gasteiger partial charge in [-0.15, -0.1) is 0 Å². The summed E-state index contributed by atoms with van der Waals surface area (Å²) < 4.78 is 5.33. The van der Waals surface area contributed by atoms with E-state index in [9.17, 15) is 0 Å². The second kappa shape index (κ2) is 11.9. The lowest BCUT2D eigenvalue weighted by Crippen LogP contribution is -2.29. The molecule has 2 N–H and O–H groups in total. The maximum Gasteiger partial charge on any atom is 0.0590 e. The predicted octanol–water partition coefficient (Wildman–Crippen LogP) is 1.00. The molecule has 0 spiro atoms. The van der Waals surface area contributed by atoms with E-state index < -0.39 is 0 Å². The first-order valence-electron chi connectivity index (χ1n) is 5.41. The van der Waals surface area contributed by atoms with Gasteiger partial charge in [-0.2, -0.15) is 0 Å². The van der Waals surface area contributed by atoms with Crippen LogP contribution in [0.1, 0.15) is 26.7 Å². The first kappa shape index (κ1) is 12.9. The molecule has 13 heavy (non-hydrogen) atoms. The summed E-state index contributed by atoms with van der Waals surface area (Å²) in [5.41, 5.74) is 0. The molecule has 0 unspecified atom stereocenters. The predicted molar refractivity (Wildman–Crippen MR) is 57.1 cm³/mol. The zero-order valence-electron chi connectivity index (χ0n) is 9.07. The van der Waals surface area contributed by atoms with Gasteiger partial charge in [-0.05, 0) is 19.4 Å². The zero-order chi connectivity index (χ0) is 9.78. The Hall–Kier alpha value is -0.120. The lowest BCUT2D eigenvalue weighted by Gasteiger charge is -2.05. The van der Waals surface area contributed by atoms with Crippen LogP contribution in [0.25, 0.3) is 0 Å². The molecule has 0 atom stereocenters. The van der Waals surface area contributed by atoms with Crippen molar-refractivity contribution in [2.45, 2.75) is 26.7 Å². The maximum atomic E-state index is 5.33. The molecular formula is C10H24N2O. The van der Waals surface area contributed by atoms with E-state index in [-0.39, 0.29) is 0 Å². The van der Waals surface area contributed by atoms with Crippen molar-refractivity contribution in [2.24, 2.45) is 0 Å². The fourth-order valence-corrected chi connectivity index (χ4v) is 0.994. The fourth-order valence-electron chi connectivity index (χ4n) is 0.994. The van der Waals surface area contributed by atoms with Crippen molar-refractivity contribution in [3.05, 3.63) is 0 Å². The van der Waals surface area contributed by atoms with Crippen molar-refractivity contribution in [3.63, 3.8) is 0 Å². The Balaban J connectivity index is 2.76. The fraction of sp³-hybridized carbons (Fsp3) is 1.00. The van der Waals surface area contributed by atoms with E-state index in [4.69, 9.17) is 4.74 Å². The molecule has 0 aliphatic rings. The molecule has 0 aliphatic heterocycles. The number of rotatable bonds is 10. The summed E-state index contributed by atoms with van der Waals surface area (Å²) in [6.07, 6.45) is 2.32. The topological polar surface area (TPSA) is 33.3 Å². The molecule has 0 aliphatic carbocycles. The Bertz CT molecular complexity index is 79.0. The molecule has 0 saturated carbocycles. The van der Waals surface area contributed by atoms with Gasteiger partial charge < -0.3 is 15.4 Å². The van der Waals surface area contributed by atoms with E-state index in [1.807, 2.05) is 0 Å². The summed E-state index contributed by atoms with van der Waals surface area (Å²) in [5.74, 6) is 0. The van der Waals surface area contributed by atoms with Crippen molar-refractivity contribution in [3.8, 4) is 0 Å². The van der Waals surface area contributed by atoms with Crippen LogP contribution in [0.4, 0.5) is 0 Å². The highest BCUT2D eigenvalue weighted by molar-refractivity contribution is 4.50. The van der Waals surface area contributed by atoms with E-state index in [1.54, 1.807) is 0 Å². The van der Waals surface area contributed by atoms with E-state index in [2.05, 4.69) is 24.5 Å². The Morgan fingerprint density at radius 3 is 2.08 bits per heavy atom. The van der Waals surface area contributed by atoms with E-state index in [0.717, 1.165) is 45.8 Å². The minimum absolute atomic E-state index is 0.835. The minimum Gasteiger partial charge on any atom is -0.380 e. The number of nitrogens with one attached hydrogen (secondary N) is 2. The van der Waals surface area contributed by atoms with E-state index in [1.165, 1.54) is 6.42 Å². The van der Waals surface area contributed by atoms with Crippen molar-refractivity contribution >= 4 is 0 Å². The maximum absolute atomic E-state index is 5.33. The molecule has 0 aromatic carbocycles. The van der Waals surface area contributed by atoms with Gasteiger partial charge in [-0.1, -0.05) is 13.8 Å². The van der Waals surface area contributed by atoms with Gasteiger partial charge in [0.05, 0.1) is 6.61 Å². The smallest absolute Gasteiger partial charge is 0.0590 e. The summed E-state index contributed by atoms with van der Waals surface area (Å²) >= 11 is 0. The third kappa shape index (κ3) is 11.9. The standard InChI is InChI=1S/C10H24N2O/c1-3-5-11-6-7-12-8-10-13-9-4-2/h11-12H,3-10H2,1-2H3. The van der Waals surface area contributed by atoms with Crippen LogP contribution >= 0.6 is 0 Å². The van der Waals surface area contributed by atoms with Crippen LogP contribution in [0.15, 0.2) is 0 Å². The molecule has 0 fully saturated rings. The van der Waals surface area contributed by atoms with Gasteiger partial charge in [-0.3, -0.25) is 0 Å². The SMILES string of the molecule is CCCNCCNCCOCCC. The van der Waals surface area contributed by atoms with Crippen molar-refractivity contribution < 1.29 is 4.74 Å². The van der Waals surface area contributed by atoms with Gasteiger partial charge >= 0.3 is 0 Å². The van der Waals surface area contributed by atoms with Crippen molar-refractivity contribution in [2.75, 3.05) is 39.4 Å². The summed E-state index contributed by atoms with van der Waals surface area (Å²) in [7, 11) is 0. The number of hydrogen-bond acceptors (Lipinski definition) is 3. The number of ether oxygens (including phenoxy) is 1. The minimum atomic E-state index is 0.835. The Kier molecular flexibility index (Phi) is 11.8. The Morgan fingerprint density at radius 1 is 0.769 bits per heavy atom. The van der Waals surface area contributed by atoms with Gasteiger partial charge in [0.15, 0.2) is 0 Å².